The summed E-state index contributed by atoms with van der Waals surface area (Å²) >= 11 is 5.90. The van der Waals surface area contributed by atoms with Gasteiger partial charge in [-0.1, -0.05) is 31.2 Å². The Bertz CT molecular complexity index is 1310. The molecule has 0 aliphatic carbocycles. The number of aromatic nitrogens is 3. The van der Waals surface area contributed by atoms with Crippen molar-refractivity contribution in [2.45, 2.75) is 46.2 Å². The van der Waals surface area contributed by atoms with E-state index in [1.165, 1.54) is 11.1 Å². The first-order valence-corrected chi connectivity index (χ1v) is 12.1. The van der Waals surface area contributed by atoms with Crippen LogP contribution in [-0.4, -0.2) is 19.6 Å². The fraction of sp³-hybridized carbons (Fsp3) is 0.250. The Balaban J connectivity index is 1.66. The molecule has 0 amide bonds. The number of thiocarbonyl (C=S) groups is 1. The summed E-state index contributed by atoms with van der Waals surface area (Å²) in [5.41, 5.74) is 8.01. The summed E-state index contributed by atoms with van der Waals surface area (Å²) in [7, 11) is 0. The Labute approximate surface area is 206 Å². The van der Waals surface area contributed by atoms with Crippen LogP contribution in [0.1, 0.15) is 52.8 Å². The van der Waals surface area contributed by atoms with E-state index >= 15 is 0 Å². The topological polar surface area (TPSA) is 46.0 Å². The standard InChI is InChI=1S/C28H29N5S/c1-5-21-10-12-22(13-11-21)33-27(26(31-28(33)34)24-8-6-7-15-29-24)23-16-19(3)32(20(23)4)25-14-9-18(2)17-30-25/h6-17,26-27H,5H2,1-4H3,(H,31,34). The molecule has 3 aromatic heterocycles. The van der Waals surface area contributed by atoms with Gasteiger partial charge in [0.15, 0.2) is 5.11 Å². The van der Waals surface area contributed by atoms with E-state index in [2.05, 4.69) is 96.0 Å². The number of benzene rings is 1. The molecule has 1 aliphatic heterocycles. The largest absolute Gasteiger partial charge is 0.351 e. The lowest BCUT2D eigenvalue weighted by atomic mass is 9.96. The average molecular weight is 468 g/mol. The molecule has 0 spiro atoms. The summed E-state index contributed by atoms with van der Waals surface area (Å²) in [5.74, 6) is 0.925. The van der Waals surface area contributed by atoms with Gasteiger partial charge in [-0.05, 0) is 92.5 Å². The molecule has 5 rings (SSSR count). The SMILES string of the molecule is CCc1ccc(N2C(=S)NC(c3ccccn3)C2c2cc(C)n(-c3ccc(C)cn3)c2C)cc1. The monoisotopic (exact) mass is 467 g/mol. The first-order chi connectivity index (χ1) is 16.5. The minimum atomic E-state index is -0.0699. The zero-order valence-electron chi connectivity index (χ0n) is 20.0. The highest BCUT2D eigenvalue weighted by molar-refractivity contribution is 7.80. The fourth-order valence-electron chi connectivity index (χ4n) is 4.87. The van der Waals surface area contributed by atoms with Crippen molar-refractivity contribution in [3.8, 4) is 5.82 Å². The molecule has 0 bridgehead atoms. The van der Waals surface area contributed by atoms with Gasteiger partial charge in [-0.25, -0.2) is 4.98 Å². The predicted octanol–water partition coefficient (Wildman–Crippen LogP) is 5.93. The van der Waals surface area contributed by atoms with Gasteiger partial charge in [0.2, 0.25) is 0 Å². The molecule has 2 atom stereocenters. The number of aryl methyl sites for hydroxylation is 3. The maximum atomic E-state index is 5.90. The van der Waals surface area contributed by atoms with E-state index in [9.17, 15) is 0 Å². The van der Waals surface area contributed by atoms with E-state index in [0.29, 0.717) is 5.11 Å². The van der Waals surface area contributed by atoms with E-state index < -0.39 is 0 Å². The van der Waals surface area contributed by atoms with Gasteiger partial charge < -0.3 is 14.8 Å². The van der Waals surface area contributed by atoms with Gasteiger partial charge >= 0.3 is 0 Å². The van der Waals surface area contributed by atoms with Crippen LogP contribution >= 0.6 is 12.2 Å². The lowest BCUT2D eigenvalue weighted by Crippen LogP contribution is -2.29. The Morgan fingerprint density at radius 2 is 1.76 bits per heavy atom. The highest BCUT2D eigenvalue weighted by Crippen LogP contribution is 2.43. The van der Waals surface area contributed by atoms with Gasteiger partial charge in [0.05, 0.1) is 17.8 Å². The second-order valence-corrected chi connectivity index (χ2v) is 9.26. The van der Waals surface area contributed by atoms with Crippen LogP contribution in [0.2, 0.25) is 0 Å². The van der Waals surface area contributed by atoms with Crippen LogP contribution in [-0.2, 0) is 6.42 Å². The molecule has 4 aromatic rings. The smallest absolute Gasteiger partial charge is 0.174 e. The molecule has 0 saturated carbocycles. The van der Waals surface area contributed by atoms with Crippen LogP contribution in [0.4, 0.5) is 5.69 Å². The molecule has 1 fully saturated rings. The number of anilines is 1. The zero-order chi connectivity index (χ0) is 23.8. The second-order valence-electron chi connectivity index (χ2n) is 8.87. The summed E-state index contributed by atoms with van der Waals surface area (Å²) in [6.45, 7) is 8.53. The number of hydrogen-bond donors (Lipinski definition) is 1. The summed E-state index contributed by atoms with van der Waals surface area (Å²) in [6, 6.07) is 21.1. The van der Waals surface area contributed by atoms with Crippen LogP contribution in [0.25, 0.3) is 5.82 Å². The number of rotatable bonds is 5. The first-order valence-electron chi connectivity index (χ1n) is 11.7. The highest BCUT2D eigenvalue weighted by Gasteiger charge is 2.42. The van der Waals surface area contributed by atoms with E-state index in [1.54, 1.807) is 0 Å². The molecule has 1 N–H and O–H groups in total. The maximum absolute atomic E-state index is 5.90. The minimum Gasteiger partial charge on any atom is -0.351 e. The average Bonchev–Trinajstić information content (AvgIpc) is 3.35. The van der Waals surface area contributed by atoms with Gasteiger partial charge in [-0.15, -0.1) is 0 Å². The molecule has 5 nitrogen and oxygen atoms in total. The zero-order valence-corrected chi connectivity index (χ0v) is 20.8. The molecule has 4 heterocycles. The van der Waals surface area contributed by atoms with Crippen molar-refractivity contribution in [1.29, 1.82) is 0 Å². The van der Waals surface area contributed by atoms with E-state index in [4.69, 9.17) is 17.2 Å². The first kappa shape index (κ1) is 22.3. The summed E-state index contributed by atoms with van der Waals surface area (Å²) < 4.78 is 2.23. The Morgan fingerprint density at radius 3 is 2.41 bits per heavy atom. The van der Waals surface area contributed by atoms with Gasteiger partial charge in [0.1, 0.15) is 5.82 Å². The van der Waals surface area contributed by atoms with Crippen molar-refractivity contribution in [3.05, 3.63) is 107 Å². The molecular weight excluding hydrogens is 438 g/mol. The third kappa shape index (κ3) is 3.88. The molecule has 0 radical (unpaired) electrons. The van der Waals surface area contributed by atoms with Crippen molar-refractivity contribution < 1.29 is 0 Å². The van der Waals surface area contributed by atoms with Crippen LogP contribution in [0.3, 0.4) is 0 Å². The number of nitrogens with zero attached hydrogens (tertiary/aromatic N) is 4. The minimum absolute atomic E-state index is 0.0414. The lowest BCUT2D eigenvalue weighted by molar-refractivity contribution is 0.565. The van der Waals surface area contributed by atoms with Crippen molar-refractivity contribution in [2.75, 3.05) is 4.90 Å². The van der Waals surface area contributed by atoms with Crippen molar-refractivity contribution in [1.82, 2.24) is 19.9 Å². The number of nitrogens with one attached hydrogen (secondary N) is 1. The Kier molecular flexibility index (Phi) is 5.92. The second kappa shape index (κ2) is 9.03. The molecule has 1 aromatic carbocycles. The molecule has 6 heteroatoms. The number of pyridine rings is 2. The van der Waals surface area contributed by atoms with Gasteiger partial charge in [0.25, 0.3) is 0 Å². The van der Waals surface area contributed by atoms with Crippen LogP contribution in [0, 0.1) is 20.8 Å². The third-order valence-corrected chi connectivity index (χ3v) is 6.95. The summed E-state index contributed by atoms with van der Waals surface area (Å²) in [5, 5.41) is 4.28. The molecule has 2 unspecified atom stereocenters. The summed E-state index contributed by atoms with van der Waals surface area (Å²) in [4.78, 5) is 11.6. The van der Waals surface area contributed by atoms with Crippen LogP contribution < -0.4 is 10.2 Å². The van der Waals surface area contributed by atoms with Gasteiger partial charge in [-0.3, -0.25) is 4.98 Å². The van der Waals surface area contributed by atoms with Crippen molar-refractivity contribution in [2.24, 2.45) is 0 Å². The lowest BCUT2D eigenvalue weighted by Gasteiger charge is -2.28. The van der Waals surface area contributed by atoms with Crippen molar-refractivity contribution in [3.63, 3.8) is 0 Å². The normalized spacial score (nSPS) is 17.8. The van der Waals surface area contributed by atoms with Crippen LogP contribution in [0.15, 0.2) is 73.1 Å². The molecule has 1 aliphatic rings. The van der Waals surface area contributed by atoms with Gasteiger partial charge in [0, 0.05) is 29.5 Å². The third-order valence-electron chi connectivity index (χ3n) is 6.63. The van der Waals surface area contributed by atoms with E-state index in [0.717, 1.165) is 40.6 Å². The Hall–Kier alpha value is -3.51. The molecule has 34 heavy (non-hydrogen) atoms. The quantitative estimate of drug-likeness (QED) is 0.369. The number of hydrogen-bond acceptors (Lipinski definition) is 3. The van der Waals surface area contributed by atoms with E-state index in [-0.39, 0.29) is 12.1 Å². The van der Waals surface area contributed by atoms with Crippen LogP contribution in [0.5, 0.6) is 0 Å². The van der Waals surface area contributed by atoms with Crippen molar-refractivity contribution >= 4 is 23.0 Å². The van der Waals surface area contributed by atoms with Gasteiger partial charge in [-0.2, -0.15) is 0 Å². The Morgan fingerprint density at radius 1 is 0.971 bits per heavy atom. The predicted molar refractivity (Wildman–Crippen MR) is 142 cm³/mol. The molecular formula is C28H29N5S. The maximum Gasteiger partial charge on any atom is 0.174 e. The van der Waals surface area contributed by atoms with E-state index in [1.807, 2.05) is 24.5 Å². The molecule has 1 saturated heterocycles. The highest BCUT2D eigenvalue weighted by atomic mass is 32.1. The fourth-order valence-corrected chi connectivity index (χ4v) is 5.22. The molecule has 172 valence electrons. The summed E-state index contributed by atoms with van der Waals surface area (Å²) in [6.07, 6.45) is 4.77.